The number of carbonyl (C=O) groups is 1. The second-order valence-corrected chi connectivity index (χ2v) is 7.21. The molecular weight excluding hydrogens is 428 g/mol. The first kappa shape index (κ1) is 25.8. The van der Waals surface area contributed by atoms with Crippen LogP contribution in [0.3, 0.4) is 0 Å². The number of pyridine rings is 1. The number of aliphatic hydroxyl groups excluding tert-OH is 2. The highest BCUT2D eigenvalue weighted by molar-refractivity contribution is 5.94. The minimum Gasteiger partial charge on any atom is -0.483 e. The van der Waals surface area contributed by atoms with Crippen LogP contribution in [0.15, 0.2) is 71.7 Å². The largest absolute Gasteiger partial charge is 0.483 e. The molecule has 1 aromatic heterocycles. The summed E-state index contributed by atoms with van der Waals surface area (Å²) in [6.45, 7) is -0.278. The van der Waals surface area contributed by atoms with Crippen molar-refractivity contribution < 1.29 is 30.3 Å². The number of H-pyrrole nitrogens is 1. The first-order valence-corrected chi connectivity index (χ1v) is 10.2. The number of aromatic nitrogens is 1. The first-order chi connectivity index (χ1) is 15.5. The van der Waals surface area contributed by atoms with Crippen molar-refractivity contribution in [3.63, 3.8) is 0 Å². The van der Waals surface area contributed by atoms with Crippen LogP contribution in [0.25, 0.3) is 0 Å². The van der Waals surface area contributed by atoms with Crippen molar-refractivity contribution in [1.29, 1.82) is 0 Å². The topological polar surface area (TPSA) is 163 Å². The van der Waals surface area contributed by atoms with E-state index in [0.717, 1.165) is 5.56 Å². The van der Waals surface area contributed by atoms with Gasteiger partial charge in [-0.25, -0.2) is 0 Å². The van der Waals surface area contributed by atoms with Gasteiger partial charge < -0.3 is 35.8 Å². The van der Waals surface area contributed by atoms with Crippen molar-refractivity contribution >= 4 is 5.91 Å². The lowest BCUT2D eigenvalue weighted by molar-refractivity contribution is 0.0433. The van der Waals surface area contributed by atoms with Gasteiger partial charge in [-0.15, -0.1) is 0 Å². The van der Waals surface area contributed by atoms with E-state index >= 15 is 0 Å². The monoisotopic (exact) mass is 456 g/mol. The molecule has 176 valence electrons. The summed E-state index contributed by atoms with van der Waals surface area (Å²) >= 11 is 0. The van der Waals surface area contributed by atoms with E-state index in [2.05, 4.69) is 10.3 Å². The number of benzene rings is 2. The number of hydrogen-bond acceptors (Lipinski definition) is 6. The minimum absolute atomic E-state index is 0. The molecule has 0 aliphatic carbocycles. The Bertz CT molecular complexity index is 1080. The molecule has 0 fully saturated rings. The SMILES string of the molecule is O.O=C(NCCO)c1ccc(C(O)(CCO)c2[nH]ccc(=O)c2OCc2ccccc2)cc1. The molecule has 3 aromatic rings. The summed E-state index contributed by atoms with van der Waals surface area (Å²) in [6, 6.07) is 16.8. The van der Waals surface area contributed by atoms with Gasteiger partial charge in [0, 0.05) is 37.4 Å². The average molecular weight is 456 g/mol. The van der Waals surface area contributed by atoms with Gasteiger partial charge in [0.1, 0.15) is 12.2 Å². The maximum Gasteiger partial charge on any atom is 0.251 e. The normalized spacial score (nSPS) is 12.3. The van der Waals surface area contributed by atoms with E-state index in [1.165, 1.54) is 24.4 Å². The first-order valence-electron chi connectivity index (χ1n) is 10.2. The predicted molar refractivity (Wildman–Crippen MR) is 122 cm³/mol. The van der Waals surface area contributed by atoms with Gasteiger partial charge in [0.05, 0.1) is 12.3 Å². The van der Waals surface area contributed by atoms with Gasteiger partial charge in [-0.1, -0.05) is 42.5 Å². The quantitative estimate of drug-likeness (QED) is 0.298. The molecule has 7 N–H and O–H groups in total. The third-order valence-corrected chi connectivity index (χ3v) is 5.05. The molecule has 1 amide bonds. The van der Waals surface area contributed by atoms with Crippen molar-refractivity contribution in [3.05, 3.63) is 99.5 Å². The van der Waals surface area contributed by atoms with Crippen LogP contribution in [-0.2, 0) is 12.2 Å². The van der Waals surface area contributed by atoms with Crippen LogP contribution in [0.4, 0.5) is 0 Å². The van der Waals surface area contributed by atoms with Gasteiger partial charge in [0.2, 0.25) is 5.43 Å². The Hall–Kier alpha value is -3.50. The molecular formula is C24H28N2O7. The lowest BCUT2D eigenvalue weighted by Crippen LogP contribution is -2.32. The highest BCUT2D eigenvalue weighted by atomic mass is 16.5. The molecule has 1 unspecified atom stereocenters. The van der Waals surface area contributed by atoms with Crippen LogP contribution < -0.4 is 15.5 Å². The summed E-state index contributed by atoms with van der Waals surface area (Å²) in [6.07, 6.45) is 1.30. The number of hydrogen-bond donors (Lipinski definition) is 5. The minimum atomic E-state index is -1.76. The Morgan fingerprint density at radius 3 is 2.33 bits per heavy atom. The molecule has 2 aromatic carbocycles. The molecule has 0 aliphatic rings. The van der Waals surface area contributed by atoms with Crippen molar-refractivity contribution in [2.24, 2.45) is 0 Å². The lowest BCUT2D eigenvalue weighted by atomic mass is 9.86. The smallest absolute Gasteiger partial charge is 0.251 e. The number of amides is 1. The number of nitrogens with one attached hydrogen (secondary N) is 2. The third kappa shape index (κ3) is 6.05. The Balaban J connectivity index is 0.00000385. The summed E-state index contributed by atoms with van der Waals surface area (Å²) in [4.78, 5) is 27.6. The van der Waals surface area contributed by atoms with Gasteiger partial charge in [0.25, 0.3) is 5.91 Å². The third-order valence-electron chi connectivity index (χ3n) is 5.05. The van der Waals surface area contributed by atoms with Crippen molar-refractivity contribution in [3.8, 4) is 5.75 Å². The Morgan fingerprint density at radius 1 is 1.00 bits per heavy atom. The Morgan fingerprint density at radius 2 is 1.70 bits per heavy atom. The van der Waals surface area contributed by atoms with E-state index in [4.69, 9.17) is 9.84 Å². The lowest BCUT2D eigenvalue weighted by Gasteiger charge is -2.29. The van der Waals surface area contributed by atoms with Crippen molar-refractivity contribution in [1.82, 2.24) is 10.3 Å². The van der Waals surface area contributed by atoms with Crippen LogP contribution in [0.5, 0.6) is 5.75 Å². The summed E-state index contributed by atoms with van der Waals surface area (Å²) < 4.78 is 5.80. The number of aromatic amines is 1. The standard InChI is InChI=1S/C24H26N2O6.H2O/c27-14-11-24(31,19-8-6-18(7-9-19)23(30)26-13-15-28)22-21(20(29)10-12-25-22)32-16-17-4-2-1-3-5-17;/h1-10,12,27-28,31H,11,13-16H2,(H,25,29)(H,26,30);1H2. The van der Waals surface area contributed by atoms with E-state index < -0.39 is 11.0 Å². The zero-order valence-electron chi connectivity index (χ0n) is 18.0. The van der Waals surface area contributed by atoms with Gasteiger partial charge in [-0.3, -0.25) is 9.59 Å². The zero-order valence-corrected chi connectivity index (χ0v) is 18.0. The summed E-state index contributed by atoms with van der Waals surface area (Å²) in [5.74, 6) is -0.409. The number of ether oxygens (including phenoxy) is 1. The molecule has 1 heterocycles. The van der Waals surface area contributed by atoms with E-state index in [-0.39, 0.29) is 55.6 Å². The molecule has 3 rings (SSSR count). The van der Waals surface area contributed by atoms with Gasteiger partial charge in [0.15, 0.2) is 5.75 Å². The summed E-state index contributed by atoms with van der Waals surface area (Å²) in [5.41, 5.74) is -0.488. The molecule has 0 bridgehead atoms. The maximum absolute atomic E-state index is 12.6. The Kier molecular flexibility index (Phi) is 9.31. The van der Waals surface area contributed by atoms with Crippen LogP contribution in [0, 0.1) is 0 Å². The van der Waals surface area contributed by atoms with Gasteiger partial charge in [-0.05, 0) is 23.3 Å². The number of carbonyl (C=O) groups excluding carboxylic acids is 1. The maximum atomic E-state index is 12.6. The van der Waals surface area contributed by atoms with Crippen LogP contribution in [-0.4, -0.2) is 51.4 Å². The van der Waals surface area contributed by atoms with E-state index in [9.17, 15) is 19.8 Å². The van der Waals surface area contributed by atoms with E-state index in [1.54, 1.807) is 12.1 Å². The molecule has 0 saturated heterocycles. The molecule has 1 atom stereocenters. The molecule has 9 heteroatoms. The molecule has 0 saturated carbocycles. The van der Waals surface area contributed by atoms with E-state index in [0.29, 0.717) is 11.1 Å². The zero-order chi connectivity index (χ0) is 23.0. The molecule has 9 nitrogen and oxygen atoms in total. The van der Waals surface area contributed by atoms with Crippen molar-refractivity contribution in [2.75, 3.05) is 19.8 Å². The van der Waals surface area contributed by atoms with Gasteiger partial charge >= 0.3 is 0 Å². The Labute approximate surface area is 190 Å². The average Bonchev–Trinajstić information content (AvgIpc) is 2.82. The van der Waals surface area contributed by atoms with Gasteiger partial charge in [-0.2, -0.15) is 0 Å². The summed E-state index contributed by atoms with van der Waals surface area (Å²) in [5, 5.41) is 32.6. The fourth-order valence-corrected chi connectivity index (χ4v) is 3.39. The fraction of sp³-hybridized carbons (Fsp3) is 0.250. The van der Waals surface area contributed by atoms with Crippen LogP contribution in [0.1, 0.15) is 33.6 Å². The second kappa shape index (κ2) is 11.9. The van der Waals surface area contributed by atoms with Crippen molar-refractivity contribution in [2.45, 2.75) is 18.6 Å². The highest BCUT2D eigenvalue weighted by Crippen LogP contribution is 2.35. The van der Waals surface area contributed by atoms with Crippen LogP contribution >= 0.6 is 0 Å². The highest BCUT2D eigenvalue weighted by Gasteiger charge is 2.36. The molecule has 0 radical (unpaired) electrons. The molecule has 33 heavy (non-hydrogen) atoms. The predicted octanol–water partition coefficient (Wildman–Crippen LogP) is 0.470. The fourth-order valence-electron chi connectivity index (χ4n) is 3.39. The van der Waals surface area contributed by atoms with E-state index in [1.807, 2.05) is 30.3 Å². The molecule has 0 aliphatic heterocycles. The number of rotatable bonds is 10. The summed E-state index contributed by atoms with van der Waals surface area (Å²) in [7, 11) is 0. The number of aliphatic hydroxyl groups is 3. The van der Waals surface area contributed by atoms with Crippen LogP contribution in [0.2, 0.25) is 0 Å². The second-order valence-electron chi connectivity index (χ2n) is 7.21. The molecule has 0 spiro atoms.